The maximum Gasteiger partial charge on any atom is 0.335 e. The summed E-state index contributed by atoms with van der Waals surface area (Å²) in [5.74, 6) is -0.948. The summed E-state index contributed by atoms with van der Waals surface area (Å²) in [6.45, 7) is 0.789. The number of carboxylic acid groups (broad SMARTS) is 1. The first-order valence-electron chi connectivity index (χ1n) is 6.38. The quantitative estimate of drug-likeness (QED) is 0.741. The minimum absolute atomic E-state index is 0.00330. The zero-order valence-corrected chi connectivity index (χ0v) is 10.7. The number of nitrogens with two attached hydrogens (primary N) is 1. The van der Waals surface area contributed by atoms with Crippen LogP contribution in [0.4, 0.5) is 0 Å². The number of carboxylic acids is 1. The zero-order valence-electron chi connectivity index (χ0n) is 10.7. The molecule has 2 rings (SSSR count). The lowest BCUT2D eigenvalue weighted by molar-refractivity contribution is -0.135. The Kier molecular flexibility index (Phi) is 3.85. The van der Waals surface area contributed by atoms with E-state index in [1.54, 1.807) is 12.1 Å². The van der Waals surface area contributed by atoms with E-state index in [0.29, 0.717) is 13.1 Å². The number of hydrogen-bond donors (Lipinski definition) is 3. The second-order valence-corrected chi connectivity index (χ2v) is 5.02. The van der Waals surface area contributed by atoms with Crippen LogP contribution in [0.15, 0.2) is 24.3 Å². The fourth-order valence-corrected chi connectivity index (χ4v) is 2.26. The van der Waals surface area contributed by atoms with Crippen molar-refractivity contribution in [1.82, 2.24) is 5.32 Å². The molecule has 1 aliphatic rings. The van der Waals surface area contributed by atoms with Gasteiger partial charge in [-0.1, -0.05) is 18.6 Å². The van der Waals surface area contributed by atoms with Crippen molar-refractivity contribution in [2.75, 3.05) is 6.54 Å². The molecule has 0 atom stereocenters. The predicted molar refractivity (Wildman–Crippen MR) is 70.6 cm³/mol. The van der Waals surface area contributed by atoms with Gasteiger partial charge < -0.3 is 16.2 Å². The molecule has 1 fully saturated rings. The normalized spacial score (nSPS) is 16.5. The van der Waals surface area contributed by atoms with Crippen molar-refractivity contribution < 1.29 is 14.7 Å². The zero-order chi connectivity index (χ0) is 13.9. The second-order valence-electron chi connectivity index (χ2n) is 5.02. The summed E-state index contributed by atoms with van der Waals surface area (Å²) in [6.07, 6.45) is 2.76. The molecule has 5 heteroatoms. The minimum atomic E-state index is -0.952. The monoisotopic (exact) mass is 262 g/mol. The summed E-state index contributed by atoms with van der Waals surface area (Å²) in [6, 6.07) is 6.48. The summed E-state index contributed by atoms with van der Waals surface area (Å²) < 4.78 is 0. The Labute approximate surface area is 111 Å². The molecule has 1 aromatic carbocycles. The van der Waals surface area contributed by atoms with Gasteiger partial charge >= 0.3 is 5.97 Å². The van der Waals surface area contributed by atoms with Crippen molar-refractivity contribution in [3.05, 3.63) is 35.4 Å². The molecule has 4 N–H and O–H groups in total. The third-order valence-corrected chi connectivity index (χ3v) is 3.84. The van der Waals surface area contributed by atoms with E-state index in [-0.39, 0.29) is 16.9 Å². The lowest BCUT2D eigenvalue weighted by Crippen LogP contribution is -2.50. The number of aromatic carboxylic acids is 1. The van der Waals surface area contributed by atoms with Crippen LogP contribution in [0.5, 0.6) is 0 Å². The van der Waals surface area contributed by atoms with E-state index in [1.165, 1.54) is 12.1 Å². The molecule has 19 heavy (non-hydrogen) atoms. The van der Waals surface area contributed by atoms with Crippen LogP contribution < -0.4 is 11.1 Å². The fraction of sp³-hybridized carbons (Fsp3) is 0.429. The highest BCUT2D eigenvalue weighted by atomic mass is 16.4. The maximum atomic E-state index is 12.0. The maximum absolute atomic E-state index is 12.0. The van der Waals surface area contributed by atoms with Gasteiger partial charge in [-0.2, -0.15) is 0 Å². The Balaban J connectivity index is 1.91. The molecule has 0 aromatic heterocycles. The number of carbonyl (C=O) groups excluding carboxylic acids is 1. The standard InChI is InChI=1S/C14H18N2O3/c15-9-14(6-1-7-14)13(19)16-8-10-2-4-11(5-3-10)12(17)18/h2-5H,1,6-9,15H2,(H,16,19)(H,17,18). The van der Waals surface area contributed by atoms with Gasteiger partial charge in [-0.25, -0.2) is 4.79 Å². The van der Waals surface area contributed by atoms with Gasteiger partial charge in [0, 0.05) is 13.1 Å². The van der Waals surface area contributed by atoms with Gasteiger partial charge in [0.1, 0.15) is 0 Å². The van der Waals surface area contributed by atoms with Crippen LogP contribution in [0.1, 0.15) is 35.2 Å². The van der Waals surface area contributed by atoms with Crippen LogP contribution in [0, 0.1) is 5.41 Å². The number of carbonyl (C=O) groups is 2. The van der Waals surface area contributed by atoms with Crippen molar-refractivity contribution in [2.24, 2.45) is 11.1 Å². The molecule has 0 heterocycles. The molecular formula is C14H18N2O3. The largest absolute Gasteiger partial charge is 0.478 e. The Morgan fingerprint density at radius 2 is 1.89 bits per heavy atom. The van der Waals surface area contributed by atoms with Crippen LogP contribution in [-0.4, -0.2) is 23.5 Å². The summed E-state index contributed by atoms with van der Waals surface area (Å²) in [5.41, 5.74) is 6.41. The van der Waals surface area contributed by atoms with E-state index < -0.39 is 5.97 Å². The van der Waals surface area contributed by atoms with Crippen LogP contribution in [0.25, 0.3) is 0 Å². The highest BCUT2D eigenvalue weighted by molar-refractivity contribution is 5.87. The Hall–Kier alpha value is -1.88. The molecule has 1 aromatic rings. The van der Waals surface area contributed by atoms with Crippen molar-refractivity contribution in [1.29, 1.82) is 0 Å². The average Bonchev–Trinajstić information content (AvgIpc) is 2.36. The SMILES string of the molecule is NCC1(C(=O)NCc2ccc(C(=O)O)cc2)CCC1. The Morgan fingerprint density at radius 1 is 1.26 bits per heavy atom. The number of amides is 1. The van der Waals surface area contributed by atoms with Crippen molar-refractivity contribution in [3.8, 4) is 0 Å². The lowest BCUT2D eigenvalue weighted by Gasteiger charge is -2.39. The Bertz CT molecular complexity index is 472. The van der Waals surface area contributed by atoms with E-state index >= 15 is 0 Å². The molecule has 0 spiro atoms. The predicted octanol–water partition coefficient (Wildman–Crippen LogP) is 1.13. The van der Waals surface area contributed by atoms with Crippen LogP contribution >= 0.6 is 0 Å². The van der Waals surface area contributed by atoms with Gasteiger partial charge in [0.05, 0.1) is 11.0 Å². The van der Waals surface area contributed by atoms with Gasteiger partial charge in [-0.05, 0) is 30.5 Å². The molecule has 0 radical (unpaired) electrons. The van der Waals surface area contributed by atoms with Crippen LogP contribution in [0.3, 0.4) is 0 Å². The third-order valence-electron chi connectivity index (χ3n) is 3.84. The van der Waals surface area contributed by atoms with E-state index in [9.17, 15) is 9.59 Å². The molecular weight excluding hydrogens is 244 g/mol. The first-order chi connectivity index (χ1) is 9.07. The number of hydrogen-bond acceptors (Lipinski definition) is 3. The van der Waals surface area contributed by atoms with E-state index in [1.807, 2.05) is 0 Å². The Morgan fingerprint density at radius 3 is 2.32 bits per heavy atom. The highest BCUT2D eigenvalue weighted by Crippen LogP contribution is 2.39. The first-order valence-corrected chi connectivity index (χ1v) is 6.38. The van der Waals surface area contributed by atoms with Crippen molar-refractivity contribution in [2.45, 2.75) is 25.8 Å². The molecule has 0 aliphatic heterocycles. The third kappa shape index (κ3) is 2.76. The van der Waals surface area contributed by atoms with Gasteiger partial charge in [-0.3, -0.25) is 4.79 Å². The molecule has 0 unspecified atom stereocenters. The topological polar surface area (TPSA) is 92.4 Å². The van der Waals surface area contributed by atoms with Gasteiger partial charge in [0.2, 0.25) is 5.91 Å². The number of rotatable bonds is 5. The van der Waals surface area contributed by atoms with Crippen molar-refractivity contribution >= 4 is 11.9 Å². The van der Waals surface area contributed by atoms with E-state index in [0.717, 1.165) is 24.8 Å². The van der Waals surface area contributed by atoms with E-state index in [4.69, 9.17) is 10.8 Å². The van der Waals surface area contributed by atoms with Crippen LogP contribution in [0.2, 0.25) is 0 Å². The molecule has 0 bridgehead atoms. The van der Waals surface area contributed by atoms with Crippen molar-refractivity contribution in [3.63, 3.8) is 0 Å². The molecule has 1 saturated carbocycles. The summed E-state index contributed by atoms with van der Waals surface area (Å²) >= 11 is 0. The van der Waals surface area contributed by atoms with Crippen LogP contribution in [-0.2, 0) is 11.3 Å². The number of nitrogens with one attached hydrogen (secondary N) is 1. The molecule has 102 valence electrons. The van der Waals surface area contributed by atoms with Gasteiger partial charge in [-0.15, -0.1) is 0 Å². The molecule has 1 amide bonds. The summed E-state index contributed by atoms with van der Waals surface area (Å²) in [7, 11) is 0. The summed E-state index contributed by atoms with van der Waals surface area (Å²) in [5, 5.41) is 11.7. The average molecular weight is 262 g/mol. The fourth-order valence-electron chi connectivity index (χ4n) is 2.26. The highest BCUT2D eigenvalue weighted by Gasteiger charge is 2.42. The molecule has 0 saturated heterocycles. The lowest BCUT2D eigenvalue weighted by atomic mass is 9.68. The summed E-state index contributed by atoms with van der Waals surface area (Å²) in [4.78, 5) is 22.8. The molecule has 1 aliphatic carbocycles. The molecule has 5 nitrogen and oxygen atoms in total. The number of benzene rings is 1. The minimum Gasteiger partial charge on any atom is -0.478 e. The second kappa shape index (κ2) is 5.40. The van der Waals surface area contributed by atoms with Gasteiger partial charge in [0.25, 0.3) is 0 Å². The van der Waals surface area contributed by atoms with E-state index in [2.05, 4.69) is 5.32 Å². The van der Waals surface area contributed by atoms with Gasteiger partial charge in [0.15, 0.2) is 0 Å². The smallest absolute Gasteiger partial charge is 0.335 e. The first kappa shape index (κ1) is 13.5.